The summed E-state index contributed by atoms with van der Waals surface area (Å²) in [6.45, 7) is 5.97. The highest BCUT2D eigenvalue weighted by atomic mass is 16.5. The number of nitrogens with one attached hydrogen (secondary N) is 1. The third-order valence-corrected chi connectivity index (χ3v) is 3.50. The Bertz CT molecular complexity index is 428. The van der Waals surface area contributed by atoms with Crippen molar-refractivity contribution in [3.8, 4) is 5.75 Å². The van der Waals surface area contributed by atoms with E-state index in [-0.39, 0.29) is 5.91 Å². The van der Waals surface area contributed by atoms with Crippen molar-refractivity contribution in [2.75, 3.05) is 26.2 Å². The lowest BCUT2D eigenvalue weighted by Gasteiger charge is -2.26. The van der Waals surface area contributed by atoms with Gasteiger partial charge in [0.1, 0.15) is 12.4 Å². The molecular weight excluding hydrogens is 252 g/mol. The molecule has 1 N–H and O–H groups in total. The SMILES string of the molecule is CC(=O)NCCOc1cccc(CN2CCCCC2)c1. The van der Waals surface area contributed by atoms with Crippen LogP contribution in [0.2, 0.25) is 0 Å². The van der Waals surface area contributed by atoms with Gasteiger partial charge < -0.3 is 10.1 Å². The Hall–Kier alpha value is -1.55. The zero-order valence-electron chi connectivity index (χ0n) is 12.2. The van der Waals surface area contributed by atoms with Crippen LogP contribution in [0.4, 0.5) is 0 Å². The van der Waals surface area contributed by atoms with E-state index in [2.05, 4.69) is 22.3 Å². The molecule has 1 aromatic carbocycles. The van der Waals surface area contributed by atoms with Crippen molar-refractivity contribution in [1.82, 2.24) is 10.2 Å². The fraction of sp³-hybridized carbons (Fsp3) is 0.562. The molecule has 2 rings (SSSR count). The van der Waals surface area contributed by atoms with Gasteiger partial charge in [-0.2, -0.15) is 0 Å². The number of ether oxygens (including phenoxy) is 1. The molecule has 0 spiro atoms. The second-order valence-corrected chi connectivity index (χ2v) is 5.32. The van der Waals surface area contributed by atoms with Gasteiger partial charge in [-0.15, -0.1) is 0 Å². The largest absolute Gasteiger partial charge is 0.492 e. The van der Waals surface area contributed by atoms with Crippen molar-refractivity contribution in [1.29, 1.82) is 0 Å². The van der Waals surface area contributed by atoms with E-state index in [1.165, 1.54) is 44.8 Å². The standard InChI is InChI=1S/C16H24N2O2/c1-14(19)17-8-11-20-16-7-5-6-15(12-16)13-18-9-3-2-4-10-18/h5-7,12H,2-4,8-11,13H2,1H3,(H,17,19). The first kappa shape index (κ1) is 14.9. The molecule has 0 atom stereocenters. The number of carbonyl (C=O) groups excluding carboxylic acids is 1. The first-order valence-electron chi connectivity index (χ1n) is 7.42. The minimum absolute atomic E-state index is 0.0209. The number of amides is 1. The lowest BCUT2D eigenvalue weighted by Crippen LogP contribution is -2.29. The maximum Gasteiger partial charge on any atom is 0.216 e. The Morgan fingerprint density at radius 2 is 2.10 bits per heavy atom. The van der Waals surface area contributed by atoms with E-state index in [1.807, 2.05) is 12.1 Å². The summed E-state index contributed by atoms with van der Waals surface area (Å²) in [7, 11) is 0. The van der Waals surface area contributed by atoms with Crippen molar-refractivity contribution in [2.24, 2.45) is 0 Å². The van der Waals surface area contributed by atoms with Crippen molar-refractivity contribution in [2.45, 2.75) is 32.7 Å². The van der Waals surface area contributed by atoms with E-state index in [0.717, 1.165) is 12.3 Å². The van der Waals surface area contributed by atoms with Gasteiger partial charge in [0.25, 0.3) is 0 Å². The van der Waals surface area contributed by atoms with E-state index < -0.39 is 0 Å². The highest BCUT2D eigenvalue weighted by Gasteiger charge is 2.10. The zero-order valence-corrected chi connectivity index (χ0v) is 12.2. The molecule has 0 aliphatic carbocycles. The first-order valence-corrected chi connectivity index (χ1v) is 7.42. The lowest BCUT2D eigenvalue weighted by molar-refractivity contribution is -0.119. The number of nitrogens with zero attached hydrogens (tertiary/aromatic N) is 1. The maximum absolute atomic E-state index is 10.8. The second kappa shape index (κ2) is 7.90. The summed E-state index contributed by atoms with van der Waals surface area (Å²) in [5.41, 5.74) is 1.30. The van der Waals surface area contributed by atoms with Gasteiger partial charge in [0, 0.05) is 13.5 Å². The van der Waals surface area contributed by atoms with Crippen LogP contribution in [-0.2, 0) is 11.3 Å². The lowest BCUT2D eigenvalue weighted by atomic mass is 10.1. The number of benzene rings is 1. The Kier molecular flexibility index (Phi) is 5.87. The Labute approximate surface area is 121 Å². The van der Waals surface area contributed by atoms with Gasteiger partial charge in [-0.05, 0) is 43.6 Å². The average molecular weight is 276 g/mol. The third kappa shape index (κ3) is 5.21. The molecule has 1 aromatic rings. The fourth-order valence-corrected chi connectivity index (χ4v) is 2.51. The van der Waals surface area contributed by atoms with E-state index in [4.69, 9.17) is 4.74 Å². The number of piperidine rings is 1. The molecule has 0 bridgehead atoms. The number of carbonyl (C=O) groups is 1. The highest BCUT2D eigenvalue weighted by Crippen LogP contribution is 2.17. The predicted molar refractivity (Wildman–Crippen MR) is 79.7 cm³/mol. The highest BCUT2D eigenvalue weighted by molar-refractivity contribution is 5.72. The smallest absolute Gasteiger partial charge is 0.216 e. The Balaban J connectivity index is 1.79. The summed E-state index contributed by atoms with van der Waals surface area (Å²) in [5, 5.41) is 2.72. The topological polar surface area (TPSA) is 41.6 Å². The summed E-state index contributed by atoms with van der Waals surface area (Å²) in [6, 6.07) is 8.25. The van der Waals surface area contributed by atoms with Crippen LogP contribution in [0, 0.1) is 0 Å². The number of rotatable bonds is 6. The van der Waals surface area contributed by atoms with Crippen molar-refractivity contribution in [3.05, 3.63) is 29.8 Å². The van der Waals surface area contributed by atoms with E-state index in [9.17, 15) is 4.79 Å². The van der Waals surface area contributed by atoms with Crippen LogP contribution in [0.5, 0.6) is 5.75 Å². The molecule has 4 nitrogen and oxygen atoms in total. The van der Waals surface area contributed by atoms with Crippen LogP contribution < -0.4 is 10.1 Å². The van der Waals surface area contributed by atoms with Crippen LogP contribution >= 0.6 is 0 Å². The Morgan fingerprint density at radius 3 is 2.85 bits per heavy atom. The monoisotopic (exact) mass is 276 g/mol. The minimum Gasteiger partial charge on any atom is -0.492 e. The molecule has 1 heterocycles. The van der Waals surface area contributed by atoms with Gasteiger partial charge >= 0.3 is 0 Å². The van der Waals surface area contributed by atoms with Crippen LogP contribution in [0.3, 0.4) is 0 Å². The number of hydrogen-bond acceptors (Lipinski definition) is 3. The molecule has 1 fully saturated rings. The fourth-order valence-electron chi connectivity index (χ4n) is 2.51. The van der Waals surface area contributed by atoms with Gasteiger partial charge in [0.15, 0.2) is 0 Å². The zero-order chi connectivity index (χ0) is 14.2. The van der Waals surface area contributed by atoms with E-state index in [0.29, 0.717) is 13.2 Å². The molecule has 0 saturated carbocycles. The quantitative estimate of drug-likeness (QED) is 0.810. The van der Waals surface area contributed by atoms with Gasteiger partial charge in [-0.25, -0.2) is 0 Å². The summed E-state index contributed by atoms with van der Waals surface area (Å²) in [4.78, 5) is 13.3. The minimum atomic E-state index is -0.0209. The molecule has 20 heavy (non-hydrogen) atoms. The molecule has 0 radical (unpaired) electrons. The van der Waals surface area contributed by atoms with Crippen molar-refractivity contribution < 1.29 is 9.53 Å². The molecule has 1 aliphatic rings. The van der Waals surface area contributed by atoms with Crippen molar-refractivity contribution >= 4 is 5.91 Å². The summed E-state index contributed by atoms with van der Waals surface area (Å²) >= 11 is 0. The van der Waals surface area contributed by atoms with Crippen LogP contribution in [0.25, 0.3) is 0 Å². The molecule has 4 heteroatoms. The maximum atomic E-state index is 10.8. The molecule has 1 aliphatic heterocycles. The molecule has 1 saturated heterocycles. The van der Waals surface area contributed by atoms with Crippen molar-refractivity contribution in [3.63, 3.8) is 0 Å². The van der Waals surface area contributed by atoms with Gasteiger partial charge in [0.05, 0.1) is 6.54 Å². The van der Waals surface area contributed by atoms with Crippen LogP contribution in [-0.4, -0.2) is 37.0 Å². The van der Waals surface area contributed by atoms with Gasteiger partial charge in [0.2, 0.25) is 5.91 Å². The van der Waals surface area contributed by atoms with Crippen LogP contribution in [0.15, 0.2) is 24.3 Å². The Morgan fingerprint density at radius 1 is 1.30 bits per heavy atom. The number of hydrogen-bond donors (Lipinski definition) is 1. The average Bonchev–Trinajstić information content (AvgIpc) is 2.45. The summed E-state index contributed by atoms with van der Waals surface area (Å²) in [5.74, 6) is 0.859. The third-order valence-electron chi connectivity index (χ3n) is 3.50. The molecule has 1 amide bonds. The molecule has 0 aromatic heterocycles. The molecule has 110 valence electrons. The summed E-state index contributed by atoms with van der Waals surface area (Å²) < 4.78 is 5.65. The van der Waals surface area contributed by atoms with Gasteiger partial charge in [-0.1, -0.05) is 18.6 Å². The number of likely N-dealkylation sites (tertiary alicyclic amines) is 1. The second-order valence-electron chi connectivity index (χ2n) is 5.32. The first-order chi connectivity index (χ1) is 9.74. The summed E-state index contributed by atoms with van der Waals surface area (Å²) in [6.07, 6.45) is 3.99. The predicted octanol–water partition coefficient (Wildman–Crippen LogP) is 2.19. The molecular formula is C16H24N2O2. The van der Waals surface area contributed by atoms with Gasteiger partial charge in [-0.3, -0.25) is 9.69 Å². The normalized spacial score (nSPS) is 15.8. The van der Waals surface area contributed by atoms with E-state index >= 15 is 0 Å². The molecule has 0 unspecified atom stereocenters. The van der Waals surface area contributed by atoms with E-state index in [1.54, 1.807) is 0 Å². The van der Waals surface area contributed by atoms with Crippen LogP contribution in [0.1, 0.15) is 31.7 Å².